The zero-order valence-electron chi connectivity index (χ0n) is 19.5. The van der Waals surface area contributed by atoms with Crippen LogP contribution < -0.4 is 9.47 Å². The number of nitrogens with zero attached hydrogens (tertiary/aromatic N) is 1. The fourth-order valence-corrected chi connectivity index (χ4v) is 4.97. The van der Waals surface area contributed by atoms with Crippen LogP contribution in [0.15, 0.2) is 48.5 Å². The first kappa shape index (κ1) is 26.3. The summed E-state index contributed by atoms with van der Waals surface area (Å²) in [5, 5.41) is 0. The summed E-state index contributed by atoms with van der Waals surface area (Å²) < 4.78 is 85.2. The van der Waals surface area contributed by atoms with Crippen LogP contribution in [0.3, 0.4) is 0 Å². The maximum atomic E-state index is 13.4. The van der Waals surface area contributed by atoms with Crippen molar-refractivity contribution in [3.8, 4) is 11.5 Å². The van der Waals surface area contributed by atoms with E-state index in [1.54, 1.807) is 0 Å². The molecule has 1 saturated heterocycles. The first-order valence-electron chi connectivity index (χ1n) is 11.9. The van der Waals surface area contributed by atoms with Gasteiger partial charge in [0.1, 0.15) is 11.5 Å². The molecule has 0 amide bonds. The molecule has 0 N–H and O–H groups in total. The van der Waals surface area contributed by atoms with Gasteiger partial charge in [-0.05, 0) is 74.2 Å². The lowest BCUT2D eigenvalue weighted by Gasteiger charge is -2.43. The zero-order chi connectivity index (χ0) is 26.0. The van der Waals surface area contributed by atoms with Crippen LogP contribution in [0.25, 0.3) is 0 Å². The van der Waals surface area contributed by atoms with Crippen molar-refractivity contribution in [2.45, 2.75) is 50.1 Å². The minimum atomic E-state index is -4.77. The highest BCUT2D eigenvalue weighted by molar-refractivity contribution is 5.92. The second-order valence-electron chi connectivity index (χ2n) is 9.51. The van der Waals surface area contributed by atoms with Crippen LogP contribution >= 0.6 is 0 Å². The monoisotopic (exact) mass is 515 g/mol. The van der Waals surface area contributed by atoms with Crippen LogP contribution in [0.2, 0.25) is 0 Å². The van der Waals surface area contributed by atoms with Gasteiger partial charge in [-0.15, -0.1) is 13.2 Å². The molecule has 2 aromatic rings. The maximum absolute atomic E-state index is 13.4. The highest BCUT2D eigenvalue weighted by Gasteiger charge is 2.45. The number of rotatable bonds is 8. The Morgan fingerprint density at radius 3 is 2.11 bits per heavy atom. The summed E-state index contributed by atoms with van der Waals surface area (Å²) in [6.45, 7) is 1.94. The van der Waals surface area contributed by atoms with Gasteiger partial charge in [-0.2, -0.15) is 13.2 Å². The molecule has 1 unspecified atom stereocenters. The van der Waals surface area contributed by atoms with Crippen LogP contribution in [-0.4, -0.2) is 43.3 Å². The van der Waals surface area contributed by atoms with Gasteiger partial charge in [-0.1, -0.05) is 18.6 Å². The SMILES string of the molecule is O=C(CN1CCCC(COc2ccc(C(F)(F)F)cc2)C1)C1(c2ccc(OC(F)(F)F)cc2)CCC1. The average molecular weight is 515 g/mol. The van der Waals surface area contributed by atoms with Crippen molar-refractivity contribution in [2.75, 3.05) is 26.2 Å². The Labute approximate surface area is 205 Å². The van der Waals surface area contributed by atoms with E-state index >= 15 is 0 Å². The van der Waals surface area contributed by atoms with Crippen molar-refractivity contribution in [1.29, 1.82) is 0 Å². The number of carbonyl (C=O) groups excluding carboxylic acids is 1. The number of halogens is 6. The molecule has 196 valence electrons. The van der Waals surface area contributed by atoms with Crippen LogP contribution in [0.1, 0.15) is 43.2 Å². The fourth-order valence-electron chi connectivity index (χ4n) is 4.97. The topological polar surface area (TPSA) is 38.8 Å². The third kappa shape index (κ3) is 6.32. The van der Waals surface area contributed by atoms with E-state index in [1.807, 2.05) is 0 Å². The number of likely N-dealkylation sites (tertiary alicyclic amines) is 1. The Morgan fingerprint density at radius 1 is 0.917 bits per heavy atom. The molecule has 1 aliphatic carbocycles. The summed E-state index contributed by atoms with van der Waals surface area (Å²) in [4.78, 5) is 15.4. The summed E-state index contributed by atoms with van der Waals surface area (Å²) in [6, 6.07) is 10.1. The number of carbonyl (C=O) groups is 1. The summed E-state index contributed by atoms with van der Waals surface area (Å²) in [7, 11) is 0. The largest absolute Gasteiger partial charge is 0.573 e. The highest BCUT2D eigenvalue weighted by Crippen LogP contribution is 2.45. The van der Waals surface area contributed by atoms with Crippen molar-refractivity contribution >= 4 is 5.78 Å². The lowest BCUT2D eigenvalue weighted by molar-refractivity contribution is -0.274. The highest BCUT2D eigenvalue weighted by atomic mass is 19.4. The van der Waals surface area contributed by atoms with Crippen molar-refractivity contribution in [1.82, 2.24) is 4.90 Å². The smallest absolute Gasteiger partial charge is 0.493 e. The molecule has 36 heavy (non-hydrogen) atoms. The van der Waals surface area contributed by atoms with Crippen molar-refractivity contribution in [2.24, 2.45) is 5.92 Å². The molecular weight excluding hydrogens is 488 g/mol. The van der Waals surface area contributed by atoms with E-state index in [0.29, 0.717) is 37.3 Å². The molecule has 4 rings (SSSR count). The van der Waals surface area contributed by atoms with Crippen LogP contribution in [0.4, 0.5) is 26.3 Å². The van der Waals surface area contributed by atoms with Gasteiger partial charge in [0.2, 0.25) is 0 Å². The Bertz CT molecular complexity index is 1030. The molecule has 2 fully saturated rings. The summed E-state index contributed by atoms with van der Waals surface area (Å²) in [6.07, 6.45) is -5.24. The Kier molecular flexibility index (Phi) is 7.54. The maximum Gasteiger partial charge on any atom is 0.573 e. The normalized spacial score (nSPS) is 20.4. The second kappa shape index (κ2) is 10.3. The van der Waals surface area contributed by atoms with E-state index < -0.39 is 23.5 Å². The Balaban J connectivity index is 1.32. The standard InChI is InChI=1S/C26H27F6NO3/c27-25(28,29)20-6-8-21(9-7-20)35-17-18-3-1-14-33(15-18)16-23(34)24(12-2-13-24)19-4-10-22(11-5-19)36-26(30,31)32/h4-11,18H,1-3,12-17H2. The average Bonchev–Trinajstić information content (AvgIpc) is 2.77. The fraction of sp³-hybridized carbons (Fsp3) is 0.500. The van der Waals surface area contributed by atoms with Gasteiger partial charge in [-0.25, -0.2) is 0 Å². The number of alkyl halides is 6. The van der Waals surface area contributed by atoms with E-state index in [0.717, 1.165) is 37.9 Å². The molecular formula is C26H27F6NO3. The molecule has 4 nitrogen and oxygen atoms in total. The molecule has 1 atom stereocenters. The minimum absolute atomic E-state index is 0.0440. The van der Waals surface area contributed by atoms with Gasteiger partial charge >= 0.3 is 12.5 Å². The summed E-state index contributed by atoms with van der Waals surface area (Å²) in [5.41, 5.74) is -0.724. The van der Waals surface area contributed by atoms with Gasteiger partial charge in [0.25, 0.3) is 0 Å². The Hall–Kier alpha value is -2.75. The molecule has 0 spiro atoms. The predicted molar refractivity (Wildman–Crippen MR) is 120 cm³/mol. The first-order valence-corrected chi connectivity index (χ1v) is 11.9. The van der Waals surface area contributed by atoms with Crippen LogP contribution in [-0.2, 0) is 16.4 Å². The number of hydrogen-bond acceptors (Lipinski definition) is 4. The van der Waals surface area contributed by atoms with E-state index in [4.69, 9.17) is 4.74 Å². The van der Waals surface area contributed by atoms with E-state index in [9.17, 15) is 31.1 Å². The second-order valence-corrected chi connectivity index (χ2v) is 9.51. The molecule has 2 aliphatic rings. The van der Waals surface area contributed by atoms with E-state index in [2.05, 4.69) is 9.64 Å². The molecule has 10 heteroatoms. The van der Waals surface area contributed by atoms with Crippen molar-refractivity contribution in [3.05, 3.63) is 59.7 Å². The number of ether oxygens (including phenoxy) is 2. The lowest BCUT2D eigenvalue weighted by Crippen LogP contribution is -2.49. The molecule has 2 aromatic carbocycles. The van der Waals surface area contributed by atoms with Crippen molar-refractivity contribution < 1.29 is 40.6 Å². The molecule has 0 radical (unpaired) electrons. The number of Topliss-reactive ketones (excluding diaryl/α,β-unsaturated/α-hetero) is 1. The molecule has 1 saturated carbocycles. The van der Waals surface area contributed by atoms with Gasteiger partial charge in [0.15, 0.2) is 5.78 Å². The lowest BCUT2D eigenvalue weighted by atomic mass is 9.61. The quantitative estimate of drug-likeness (QED) is 0.382. The molecule has 1 aliphatic heterocycles. The Morgan fingerprint density at radius 2 is 1.56 bits per heavy atom. The van der Waals surface area contributed by atoms with Gasteiger partial charge < -0.3 is 9.47 Å². The summed E-state index contributed by atoms with van der Waals surface area (Å²) in [5.74, 6) is 0.218. The third-order valence-corrected chi connectivity index (χ3v) is 7.02. The van der Waals surface area contributed by atoms with Gasteiger partial charge in [0, 0.05) is 12.5 Å². The number of benzene rings is 2. The molecule has 1 heterocycles. The predicted octanol–water partition coefficient (Wildman–Crippen LogP) is 6.39. The number of hydrogen-bond donors (Lipinski definition) is 0. The minimum Gasteiger partial charge on any atom is -0.493 e. The van der Waals surface area contributed by atoms with Crippen LogP contribution in [0.5, 0.6) is 11.5 Å². The summed E-state index contributed by atoms with van der Waals surface area (Å²) >= 11 is 0. The number of ketones is 1. The van der Waals surface area contributed by atoms with E-state index in [1.165, 1.54) is 36.4 Å². The van der Waals surface area contributed by atoms with Crippen molar-refractivity contribution in [3.63, 3.8) is 0 Å². The first-order chi connectivity index (χ1) is 16.9. The van der Waals surface area contributed by atoms with Gasteiger partial charge in [0.05, 0.1) is 24.1 Å². The number of piperidine rings is 1. The van der Waals surface area contributed by atoms with Gasteiger partial charge in [-0.3, -0.25) is 9.69 Å². The van der Waals surface area contributed by atoms with E-state index in [-0.39, 0.29) is 24.0 Å². The van der Waals surface area contributed by atoms with Crippen LogP contribution in [0, 0.1) is 5.92 Å². The zero-order valence-corrected chi connectivity index (χ0v) is 19.5. The molecule has 0 bridgehead atoms. The molecule has 0 aromatic heterocycles. The third-order valence-electron chi connectivity index (χ3n) is 7.02.